The number of piperazine rings is 1. The second-order valence-corrected chi connectivity index (χ2v) is 5.79. The summed E-state index contributed by atoms with van der Waals surface area (Å²) in [5.41, 5.74) is 0. The van der Waals surface area contributed by atoms with Gasteiger partial charge in [-0.2, -0.15) is 4.98 Å². The topological polar surface area (TPSA) is 74.5 Å². The van der Waals surface area contributed by atoms with E-state index in [2.05, 4.69) is 27.3 Å². The molecule has 3 heterocycles. The van der Waals surface area contributed by atoms with Crippen LogP contribution in [0.5, 0.6) is 0 Å². The zero-order valence-corrected chi connectivity index (χ0v) is 12.7. The number of amides is 1. The SMILES string of the molecule is CCc1noc(C(C)N2CCN(C(=O)C3CNC3)CC2)n1. The molecule has 1 unspecified atom stereocenters. The Balaban J connectivity index is 1.53. The molecule has 0 bridgehead atoms. The van der Waals surface area contributed by atoms with Crippen molar-refractivity contribution in [2.24, 2.45) is 5.92 Å². The summed E-state index contributed by atoms with van der Waals surface area (Å²) in [6.45, 7) is 9.05. The number of hydrogen-bond acceptors (Lipinski definition) is 6. The lowest BCUT2D eigenvalue weighted by Gasteiger charge is -2.39. The van der Waals surface area contributed by atoms with Gasteiger partial charge in [0.1, 0.15) is 0 Å². The van der Waals surface area contributed by atoms with Gasteiger partial charge in [-0.1, -0.05) is 12.1 Å². The molecule has 0 radical (unpaired) electrons. The van der Waals surface area contributed by atoms with Crippen molar-refractivity contribution in [1.29, 1.82) is 0 Å². The molecule has 1 aromatic rings. The van der Waals surface area contributed by atoms with Gasteiger partial charge in [-0.15, -0.1) is 0 Å². The maximum atomic E-state index is 12.2. The first kappa shape index (κ1) is 14.5. The Morgan fingerprint density at radius 2 is 2.10 bits per heavy atom. The minimum absolute atomic E-state index is 0.112. The molecule has 7 heteroatoms. The smallest absolute Gasteiger partial charge is 0.243 e. The van der Waals surface area contributed by atoms with Crippen molar-refractivity contribution in [2.45, 2.75) is 26.3 Å². The fraction of sp³-hybridized carbons (Fsp3) is 0.786. The van der Waals surface area contributed by atoms with Gasteiger partial charge in [0.15, 0.2) is 5.82 Å². The quantitative estimate of drug-likeness (QED) is 0.846. The van der Waals surface area contributed by atoms with Crippen molar-refractivity contribution in [1.82, 2.24) is 25.3 Å². The van der Waals surface area contributed by atoms with Crippen molar-refractivity contribution in [3.63, 3.8) is 0 Å². The highest BCUT2D eigenvalue weighted by atomic mass is 16.5. The summed E-state index contributed by atoms with van der Waals surface area (Å²) in [6, 6.07) is 0.112. The molecular weight excluding hydrogens is 270 g/mol. The van der Waals surface area contributed by atoms with E-state index >= 15 is 0 Å². The number of aryl methyl sites for hydroxylation is 1. The van der Waals surface area contributed by atoms with Crippen molar-refractivity contribution >= 4 is 5.91 Å². The molecule has 2 aliphatic heterocycles. The van der Waals surface area contributed by atoms with Gasteiger partial charge >= 0.3 is 0 Å². The molecule has 21 heavy (non-hydrogen) atoms. The third-order valence-corrected chi connectivity index (χ3v) is 4.46. The van der Waals surface area contributed by atoms with Crippen LogP contribution in [0.25, 0.3) is 0 Å². The van der Waals surface area contributed by atoms with Crippen LogP contribution in [0.1, 0.15) is 31.6 Å². The minimum Gasteiger partial charge on any atom is -0.340 e. The first-order chi connectivity index (χ1) is 10.2. The maximum Gasteiger partial charge on any atom is 0.243 e. The van der Waals surface area contributed by atoms with Crippen molar-refractivity contribution in [3.8, 4) is 0 Å². The highest BCUT2D eigenvalue weighted by Crippen LogP contribution is 2.21. The number of rotatable bonds is 4. The summed E-state index contributed by atoms with van der Waals surface area (Å²) in [5.74, 6) is 1.92. The molecule has 1 aromatic heterocycles. The number of carbonyl (C=O) groups excluding carboxylic acids is 1. The molecular formula is C14H23N5O2. The lowest BCUT2D eigenvalue weighted by Crippen LogP contribution is -2.56. The summed E-state index contributed by atoms with van der Waals surface area (Å²) >= 11 is 0. The Hall–Kier alpha value is -1.47. The normalized spacial score (nSPS) is 22.1. The highest BCUT2D eigenvalue weighted by molar-refractivity contribution is 5.80. The maximum absolute atomic E-state index is 12.2. The molecule has 1 atom stereocenters. The number of carbonyl (C=O) groups is 1. The van der Waals surface area contributed by atoms with Crippen LogP contribution >= 0.6 is 0 Å². The number of nitrogens with one attached hydrogen (secondary N) is 1. The molecule has 2 saturated heterocycles. The number of nitrogens with zero attached hydrogens (tertiary/aromatic N) is 4. The van der Waals surface area contributed by atoms with E-state index in [9.17, 15) is 4.79 Å². The minimum atomic E-state index is 0.112. The predicted molar refractivity (Wildman–Crippen MR) is 76.6 cm³/mol. The molecule has 0 aliphatic carbocycles. The Labute approximate surface area is 124 Å². The molecule has 116 valence electrons. The van der Waals surface area contributed by atoms with E-state index < -0.39 is 0 Å². The van der Waals surface area contributed by atoms with E-state index in [4.69, 9.17) is 4.52 Å². The average molecular weight is 293 g/mol. The summed E-state index contributed by atoms with van der Waals surface area (Å²) in [4.78, 5) is 20.9. The molecule has 1 amide bonds. The standard InChI is InChI=1S/C14H23N5O2/c1-3-12-16-13(21-17-12)10(2)18-4-6-19(7-5-18)14(20)11-8-15-9-11/h10-11,15H,3-9H2,1-2H3. The van der Waals surface area contributed by atoms with E-state index in [0.29, 0.717) is 11.8 Å². The van der Waals surface area contributed by atoms with Crippen LogP contribution in [-0.2, 0) is 11.2 Å². The molecule has 7 nitrogen and oxygen atoms in total. The second-order valence-electron chi connectivity index (χ2n) is 5.79. The number of aromatic nitrogens is 2. The predicted octanol–water partition coefficient (Wildman–Crippen LogP) is 0.0566. The highest BCUT2D eigenvalue weighted by Gasteiger charge is 2.32. The lowest BCUT2D eigenvalue weighted by atomic mass is 10.0. The van der Waals surface area contributed by atoms with E-state index in [-0.39, 0.29) is 12.0 Å². The average Bonchev–Trinajstić information content (AvgIpc) is 2.93. The third kappa shape index (κ3) is 2.94. The summed E-state index contributed by atoms with van der Waals surface area (Å²) in [6.07, 6.45) is 0.786. The van der Waals surface area contributed by atoms with E-state index in [1.165, 1.54) is 0 Å². The van der Waals surface area contributed by atoms with Gasteiger partial charge in [0.05, 0.1) is 12.0 Å². The molecule has 0 spiro atoms. The van der Waals surface area contributed by atoms with Crippen molar-refractivity contribution in [2.75, 3.05) is 39.3 Å². The van der Waals surface area contributed by atoms with Crippen LogP contribution in [0, 0.1) is 5.92 Å². The van der Waals surface area contributed by atoms with E-state index in [1.54, 1.807) is 0 Å². The summed E-state index contributed by atoms with van der Waals surface area (Å²) in [5, 5.41) is 7.10. The fourth-order valence-corrected chi connectivity index (χ4v) is 2.79. The Morgan fingerprint density at radius 3 is 2.62 bits per heavy atom. The molecule has 0 saturated carbocycles. The zero-order valence-electron chi connectivity index (χ0n) is 12.7. The van der Waals surface area contributed by atoms with Crippen LogP contribution in [0.2, 0.25) is 0 Å². The van der Waals surface area contributed by atoms with Gasteiger partial charge in [0, 0.05) is 45.7 Å². The van der Waals surface area contributed by atoms with Gasteiger partial charge in [-0.05, 0) is 6.92 Å². The van der Waals surface area contributed by atoms with Crippen molar-refractivity contribution < 1.29 is 9.32 Å². The zero-order chi connectivity index (χ0) is 14.8. The first-order valence-corrected chi connectivity index (χ1v) is 7.75. The Bertz CT molecular complexity index is 491. The summed E-state index contributed by atoms with van der Waals surface area (Å²) < 4.78 is 5.32. The van der Waals surface area contributed by atoms with Crippen molar-refractivity contribution in [3.05, 3.63) is 11.7 Å². The van der Waals surface area contributed by atoms with Gasteiger partial charge < -0.3 is 14.7 Å². The fourth-order valence-electron chi connectivity index (χ4n) is 2.79. The summed E-state index contributed by atoms with van der Waals surface area (Å²) in [7, 11) is 0. The van der Waals surface area contributed by atoms with Gasteiger partial charge in [0.2, 0.25) is 11.8 Å². The molecule has 0 aromatic carbocycles. The monoisotopic (exact) mass is 293 g/mol. The molecule has 2 fully saturated rings. The van der Waals surface area contributed by atoms with Gasteiger partial charge in [-0.3, -0.25) is 9.69 Å². The molecule has 1 N–H and O–H groups in total. The largest absolute Gasteiger partial charge is 0.340 e. The first-order valence-electron chi connectivity index (χ1n) is 7.75. The van der Waals surface area contributed by atoms with Crippen LogP contribution in [-0.4, -0.2) is 65.1 Å². The lowest BCUT2D eigenvalue weighted by molar-refractivity contribution is -0.139. The Kier molecular flexibility index (Phi) is 4.21. The Morgan fingerprint density at radius 1 is 1.38 bits per heavy atom. The number of hydrogen-bond donors (Lipinski definition) is 1. The van der Waals surface area contributed by atoms with E-state index in [1.807, 2.05) is 11.8 Å². The van der Waals surface area contributed by atoms with Crippen LogP contribution in [0.15, 0.2) is 4.52 Å². The van der Waals surface area contributed by atoms with Crippen LogP contribution in [0.4, 0.5) is 0 Å². The van der Waals surface area contributed by atoms with E-state index in [0.717, 1.165) is 51.5 Å². The van der Waals surface area contributed by atoms with Crippen LogP contribution < -0.4 is 5.32 Å². The molecule has 3 rings (SSSR count). The van der Waals surface area contributed by atoms with Gasteiger partial charge in [0.25, 0.3) is 0 Å². The second kappa shape index (κ2) is 6.11. The third-order valence-electron chi connectivity index (χ3n) is 4.46. The van der Waals surface area contributed by atoms with Crippen LogP contribution in [0.3, 0.4) is 0 Å². The molecule has 2 aliphatic rings. The van der Waals surface area contributed by atoms with Gasteiger partial charge in [-0.25, -0.2) is 0 Å².